The Balaban J connectivity index is 1.50. The van der Waals surface area contributed by atoms with Gasteiger partial charge >= 0.3 is 0 Å². The summed E-state index contributed by atoms with van der Waals surface area (Å²) >= 11 is 1.65. The Morgan fingerprint density at radius 1 is 0.967 bits per heavy atom. The van der Waals surface area contributed by atoms with E-state index in [4.69, 9.17) is 14.8 Å². The maximum Gasteiger partial charge on any atom is 0.206 e. The molecule has 0 saturated carbocycles. The molecule has 0 aliphatic carbocycles. The Hall–Kier alpha value is -2.54. The van der Waals surface area contributed by atoms with Crippen LogP contribution in [0.3, 0.4) is 0 Å². The molecule has 1 aliphatic heterocycles. The van der Waals surface area contributed by atoms with Gasteiger partial charge in [-0.05, 0) is 18.4 Å². The van der Waals surface area contributed by atoms with Crippen LogP contribution in [0.5, 0.6) is 0 Å². The maximum absolute atomic E-state index is 5.43. The first kappa shape index (κ1) is 20.7. The molecule has 2 aromatic carbocycles. The van der Waals surface area contributed by atoms with E-state index in [-0.39, 0.29) is 0 Å². The Bertz CT molecular complexity index is 989. The number of benzene rings is 2. The van der Waals surface area contributed by atoms with Crippen molar-refractivity contribution < 1.29 is 4.74 Å². The van der Waals surface area contributed by atoms with E-state index < -0.39 is 0 Å². The molecule has 0 unspecified atom stereocenters. The van der Waals surface area contributed by atoms with Gasteiger partial charge in [-0.25, -0.2) is 4.68 Å². The molecule has 1 aromatic heterocycles. The van der Waals surface area contributed by atoms with Gasteiger partial charge in [0.15, 0.2) is 0 Å². The highest BCUT2D eigenvalue weighted by Gasteiger charge is 2.10. The van der Waals surface area contributed by atoms with E-state index in [2.05, 4.69) is 64.9 Å². The van der Waals surface area contributed by atoms with Crippen LogP contribution in [0.1, 0.15) is 12.0 Å². The molecule has 6 heteroatoms. The zero-order valence-electron chi connectivity index (χ0n) is 17.2. The number of hydrogen-bond donors (Lipinski definition) is 0. The second kappa shape index (κ2) is 11.0. The van der Waals surface area contributed by atoms with Crippen LogP contribution in [0.25, 0.3) is 11.3 Å². The van der Waals surface area contributed by atoms with Crippen molar-refractivity contribution in [3.05, 3.63) is 76.4 Å². The van der Waals surface area contributed by atoms with Gasteiger partial charge < -0.3 is 4.74 Å². The number of thiazole rings is 1. The molecule has 0 N–H and O–H groups in total. The summed E-state index contributed by atoms with van der Waals surface area (Å²) in [4.78, 5) is 8.22. The van der Waals surface area contributed by atoms with Crippen molar-refractivity contribution in [1.29, 1.82) is 0 Å². The summed E-state index contributed by atoms with van der Waals surface area (Å²) in [5.41, 5.74) is 3.57. The van der Waals surface area contributed by atoms with Crippen molar-refractivity contribution in [3.63, 3.8) is 0 Å². The molecule has 156 valence electrons. The number of ether oxygens (including phenoxy) is 1. The van der Waals surface area contributed by atoms with E-state index in [1.54, 1.807) is 11.3 Å². The highest BCUT2D eigenvalue weighted by Crippen LogP contribution is 2.19. The van der Waals surface area contributed by atoms with Gasteiger partial charge in [-0.1, -0.05) is 60.7 Å². The third kappa shape index (κ3) is 5.75. The van der Waals surface area contributed by atoms with Gasteiger partial charge in [0.05, 0.1) is 25.5 Å². The van der Waals surface area contributed by atoms with Crippen molar-refractivity contribution in [2.75, 3.05) is 39.4 Å². The van der Waals surface area contributed by atoms with Gasteiger partial charge in [0, 0.05) is 36.8 Å². The minimum Gasteiger partial charge on any atom is -0.379 e. The fourth-order valence-corrected chi connectivity index (χ4v) is 4.32. The predicted octanol–water partition coefficient (Wildman–Crippen LogP) is 3.92. The van der Waals surface area contributed by atoms with E-state index in [0.717, 1.165) is 68.3 Å². The standard InChI is InChI=1S/C24H28N4OS/c1-3-8-21(9-4-1)10-7-13-26-28-23(22-11-5-2-6-12-22)20-30-24(28)25-14-15-27-16-18-29-19-17-27/h1-6,8-9,11-13,20H,7,10,14-19H2/b25-24?,26-13-. The Kier molecular flexibility index (Phi) is 7.61. The average Bonchev–Trinajstić information content (AvgIpc) is 3.21. The Morgan fingerprint density at radius 3 is 2.47 bits per heavy atom. The second-order valence-electron chi connectivity index (χ2n) is 7.24. The molecule has 0 radical (unpaired) electrons. The van der Waals surface area contributed by atoms with Crippen LogP contribution < -0.4 is 4.80 Å². The van der Waals surface area contributed by atoms with Crippen LogP contribution in [-0.4, -0.2) is 55.2 Å². The lowest BCUT2D eigenvalue weighted by Gasteiger charge is -2.25. The normalized spacial score (nSPS) is 15.8. The highest BCUT2D eigenvalue weighted by molar-refractivity contribution is 7.07. The molecular weight excluding hydrogens is 392 g/mol. The second-order valence-corrected chi connectivity index (χ2v) is 8.08. The van der Waals surface area contributed by atoms with Crippen LogP contribution in [0.4, 0.5) is 0 Å². The molecule has 0 amide bonds. The van der Waals surface area contributed by atoms with Crippen molar-refractivity contribution in [3.8, 4) is 11.3 Å². The van der Waals surface area contributed by atoms with Gasteiger partial charge in [0.2, 0.25) is 4.80 Å². The number of hydrogen-bond acceptors (Lipinski definition) is 5. The summed E-state index contributed by atoms with van der Waals surface area (Å²) in [5, 5.41) is 6.95. The number of aromatic nitrogens is 1. The summed E-state index contributed by atoms with van der Waals surface area (Å²) in [6.45, 7) is 5.36. The molecule has 30 heavy (non-hydrogen) atoms. The first-order valence-corrected chi connectivity index (χ1v) is 11.4. The molecule has 4 rings (SSSR count). The van der Waals surface area contributed by atoms with Crippen molar-refractivity contribution in [2.45, 2.75) is 12.8 Å². The topological polar surface area (TPSA) is 42.1 Å². The van der Waals surface area contributed by atoms with Gasteiger partial charge in [-0.2, -0.15) is 5.10 Å². The van der Waals surface area contributed by atoms with Crippen LogP contribution in [0.2, 0.25) is 0 Å². The molecule has 1 aliphatic rings. The van der Waals surface area contributed by atoms with Crippen LogP contribution in [0, 0.1) is 0 Å². The highest BCUT2D eigenvalue weighted by atomic mass is 32.1. The molecule has 1 saturated heterocycles. The third-order valence-electron chi connectivity index (χ3n) is 5.12. The molecule has 0 atom stereocenters. The van der Waals surface area contributed by atoms with Gasteiger partial charge in [0.25, 0.3) is 0 Å². The predicted molar refractivity (Wildman–Crippen MR) is 124 cm³/mol. The molecule has 2 heterocycles. The summed E-state index contributed by atoms with van der Waals surface area (Å²) in [6.07, 6.45) is 3.89. The van der Waals surface area contributed by atoms with E-state index in [1.165, 1.54) is 5.56 Å². The van der Waals surface area contributed by atoms with Crippen LogP contribution >= 0.6 is 11.3 Å². The van der Waals surface area contributed by atoms with Crippen LogP contribution in [0.15, 0.2) is 76.1 Å². The van der Waals surface area contributed by atoms with Crippen LogP contribution in [-0.2, 0) is 11.2 Å². The number of nitrogens with zero attached hydrogens (tertiary/aromatic N) is 4. The Labute approximate surface area is 182 Å². The number of aryl methyl sites for hydroxylation is 1. The number of rotatable bonds is 8. The van der Waals surface area contributed by atoms with Crippen molar-refractivity contribution in [2.24, 2.45) is 10.1 Å². The van der Waals surface area contributed by atoms with E-state index in [0.29, 0.717) is 0 Å². The lowest BCUT2D eigenvalue weighted by molar-refractivity contribution is 0.0393. The third-order valence-corrected chi connectivity index (χ3v) is 5.98. The smallest absolute Gasteiger partial charge is 0.206 e. The quantitative estimate of drug-likeness (QED) is 0.519. The van der Waals surface area contributed by atoms with Crippen molar-refractivity contribution in [1.82, 2.24) is 9.58 Å². The van der Waals surface area contributed by atoms with E-state index in [1.807, 2.05) is 17.0 Å². The average molecular weight is 421 g/mol. The molecule has 0 spiro atoms. The van der Waals surface area contributed by atoms with E-state index >= 15 is 0 Å². The van der Waals surface area contributed by atoms with Gasteiger partial charge in [-0.15, -0.1) is 11.3 Å². The minimum absolute atomic E-state index is 0.772. The molecule has 5 nitrogen and oxygen atoms in total. The zero-order chi connectivity index (χ0) is 20.4. The SMILES string of the molecule is C(/CCc1ccccc1)=N/n1c(-c2ccccc2)csc1=NCCN1CCOCC1. The summed E-state index contributed by atoms with van der Waals surface area (Å²) in [7, 11) is 0. The summed E-state index contributed by atoms with van der Waals surface area (Å²) < 4.78 is 7.42. The largest absolute Gasteiger partial charge is 0.379 e. The summed E-state index contributed by atoms with van der Waals surface area (Å²) in [5.74, 6) is 0. The molecular formula is C24H28N4OS. The van der Waals surface area contributed by atoms with Crippen molar-refractivity contribution >= 4 is 17.6 Å². The monoisotopic (exact) mass is 420 g/mol. The molecule has 1 fully saturated rings. The Morgan fingerprint density at radius 2 is 1.70 bits per heavy atom. The first-order valence-electron chi connectivity index (χ1n) is 10.5. The fourth-order valence-electron chi connectivity index (χ4n) is 3.45. The first-order chi connectivity index (χ1) is 14.9. The number of morpholine rings is 1. The minimum atomic E-state index is 0.772. The lowest BCUT2D eigenvalue weighted by atomic mass is 10.1. The maximum atomic E-state index is 5.43. The van der Waals surface area contributed by atoms with Gasteiger partial charge in [-0.3, -0.25) is 9.89 Å². The zero-order valence-corrected chi connectivity index (χ0v) is 18.0. The summed E-state index contributed by atoms with van der Waals surface area (Å²) in [6, 6.07) is 20.9. The van der Waals surface area contributed by atoms with Gasteiger partial charge in [0.1, 0.15) is 0 Å². The molecule has 0 bridgehead atoms. The lowest BCUT2D eigenvalue weighted by Crippen LogP contribution is -2.38. The van der Waals surface area contributed by atoms with E-state index in [9.17, 15) is 0 Å². The fraction of sp³-hybridized carbons (Fsp3) is 0.333. The molecule has 3 aromatic rings.